The maximum atomic E-state index is 11.3. The minimum atomic E-state index is -0.167. The lowest BCUT2D eigenvalue weighted by Gasteiger charge is -1.99. The van der Waals surface area contributed by atoms with Gasteiger partial charge in [0, 0.05) is 19.3 Å². The van der Waals surface area contributed by atoms with Crippen LogP contribution in [0.25, 0.3) is 0 Å². The van der Waals surface area contributed by atoms with Gasteiger partial charge in [0.25, 0.3) is 0 Å². The van der Waals surface area contributed by atoms with E-state index in [4.69, 9.17) is 5.73 Å². The summed E-state index contributed by atoms with van der Waals surface area (Å²) in [5.41, 5.74) is 5.62. The van der Waals surface area contributed by atoms with Gasteiger partial charge in [-0.25, -0.2) is 4.99 Å². The number of aldehydes is 1. The lowest BCUT2D eigenvalue weighted by molar-refractivity contribution is -0.118. The van der Waals surface area contributed by atoms with Crippen LogP contribution in [-0.4, -0.2) is 18.0 Å². The van der Waals surface area contributed by atoms with Crippen molar-refractivity contribution in [2.45, 2.75) is 58.3 Å². The highest BCUT2D eigenvalue weighted by molar-refractivity contribution is 5.93. The van der Waals surface area contributed by atoms with Crippen molar-refractivity contribution in [1.29, 1.82) is 0 Å². The molecule has 0 heterocycles. The second-order valence-electron chi connectivity index (χ2n) is 3.87. The SMILES string of the molecule is CCCCCC(N)=NC(=O)CCCCC=O. The Kier molecular flexibility index (Phi) is 9.56. The molecule has 0 spiro atoms. The van der Waals surface area contributed by atoms with Gasteiger partial charge < -0.3 is 10.5 Å². The molecule has 0 aliphatic heterocycles. The van der Waals surface area contributed by atoms with Crippen LogP contribution in [0, 0.1) is 0 Å². The first kappa shape index (κ1) is 14.8. The smallest absolute Gasteiger partial charge is 0.247 e. The number of nitrogens with two attached hydrogens (primary N) is 1. The van der Waals surface area contributed by atoms with Gasteiger partial charge in [0.15, 0.2) is 0 Å². The fraction of sp³-hybridized carbons (Fsp3) is 0.750. The molecular formula is C12H22N2O2. The van der Waals surface area contributed by atoms with E-state index in [2.05, 4.69) is 11.9 Å². The van der Waals surface area contributed by atoms with E-state index in [-0.39, 0.29) is 5.91 Å². The van der Waals surface area contributed by atoms with Gasteiger partial charge >= 0.3 is 0 Å². The van der Waals surface area contributed by atoms with Gasteiger partial charge in [0.2, 0.25) is 5.91 Å². The summed E-state index contributed by atoms with van der Waals surface area (Å²) in [5, 5.41) is 0. The van der Waals surface area contributed by atoms with Crippen LogP contribution in [0.5, 0.6) is 0 Å². The van der Waals surface area contributed by atoms with E-state index in [1.54, 1.807) is 0 Å². The Labute approximate surface area is 97.3 Å². The largest absolute Gasteiger partial charge is 0.387 e. The third-order valence-electron chi connectivity index (χ3n) is 2.27. The molecule has 0 atom stereocenters. The zero-order valence-electron chi connectivity index (χ0n) is 10.1. The predicted molar refractivity (Wildman–Crippen MR) is 65.3 cm³/mol. The third-order valence-corrected chi connectivity index (χ3v) is 2.27. The molecule has 0 aliphatic carbocycles. The van der Waals surface area contributed by atoms with Crippen LogP contribution in [0.1, 0.15) is 58.3 Å². The van der Waals surface area contributed by atoms with Gasteiger partial charge in [0.1, 0.15) is 12.1 Å². The molecular weight excluding hydrogens is 204 g/mol. The average Bonchev–Trinajstić information content (AvgIpc) is 2.25. The molecule has 4 nitrogen and oxygen atoms in total. The summed E-state index contributed by atoms with van der Waals surface area (Å²) in [6.45, 7) is 2.12. The van der Waals surface area contributed by atoms with Crippen molar-refractivity contribution in [3.8, 4) is 0 Å². The number of amidine groups is 1. The Morgan fingerprint density at radius 3 is 2.50 bits per heavy atom. The Balaban J connectivity index is 3.65. The number of carbonyl (C=O) groups excluding carboxylic acids is 2. The molecule has 0 rings (SSSR count). The van der Waals surface area contributed by atoms with E-state index in [1.165, 1.54) is 0 Å². The topological polar surface area (TPSA) is 72.5 Å². The van der Waals surface area contributed by atoms with Gasteiger partial charge in [-0.3, -0.25) is 4.79 Å². The van der Waals surface area contributed by atoms with Crippen molar-refractivity contribution in [3.05, 3.63) is 0 Å². The quantitative estimate of drug-likeness (QED) is 0.283. The van der Waals surface area contributed by atoms with E-state index in [0.29, 0.717) is 31.5 Å². The molecule has 92 valence electrons. The minimum Gasteiger partial charge on any atom is -0.387 e. The molecule has 0 radical (unpaired) electrons. The summed E-state index contributed by atoms with van der Waals surface area (Å²) >= 11 is 0. The zero-order chi connectivity index (χ0) is 12.2. The summed E-state index contributed by atoms with van der Waals surface area (Å²) < 4.78 is 0. The number of aliphatic imine (C=N–C) groups is 1. The van der Waals surface area contributed by atoms with Gasteiger partial charge in [-0.2, -0.15) is 0 Å². The van der Waals surface area contributed by atoms with Crippen molar-refractivity contribution >= 4 is 18.0 Å². The molecule has 1 amide bonds. The van der Waals surface area contributed by atoms with Crippen molar-refractivity contribution < 1.29 is 9.59 Å². The van der Waals surface area contributed by atoms with E-state index >= 15 is 0 Å². The van der Waals surface area contributed by atoms with Crippen LogP contribution in [0.15, 0.2) is 4.99 Å². The van der Waals surface area contributed by atoms with E-state index < -0.39 is 0 Å². The van der Waals surface area contributed by atoms with Gasteiger partial charge in [-0.05, 0) is 19.3 Å². The summed E-state index contributed by atoms with van der Waals surface area (Å²) in [7, 11) is 0. The summed E-state index contributed by atoms with van der Waals surface area (Å²) in [6, 6.07) is 0. The molecule has 0 aliphatic rings. The van der Waals surface area contributed by atoms with Gasteiger partial charge in [-0.15, -0.1) is 0 Å². The highest BCUT2D eigenvalue weighted by Crippen LogP contribution is 2.02. The van der Waals surface area contributed by atoms with E-state index in [9.17, 15) is 9.59 Å². The van der Waals surface area contributed by atoms with E-state index in [0.717, 1.165) is 32.0 Å². The van der Waals surface area contributed by atoms with Crippen molar-refractivity contribution in [2.24, 2.45) is 10.7 Å². The number of amides is 1. The lowest BCUT2D eigenvalue weighted by atomic mass is 10.2. The van der Waals surface area contributed by atoms with Crippen LogP contribution in [0.2, 0.25) is 0 Å². The highest BCUT2D eigenvalue weighted by atomic mass is 16.1. The molecule has 0 fully saturated rings. The maximum Gasteiger partial charge on any atom is 0.247 e. The maximum absolute atomic E-state index is 11.3. The molecule has 16 heavy (non-hydrogen) atoms. The molecule has 0 saturated heterocycles. The third kappa shape index (κ3) is 9.37. The zero-order valence-corrected chi connectivity index (χ0v) is 10.1. The summed E-state index contributed by atoms with van der Waals surface area (Å²) in [6.07, 6.45) is 7.18. The molecule has 0 aromatic heterocycles. The van der Waals surface area contributed by atoms with Crippen LogP contribution in [-0.2, 0) is 9.59 Å². The first-order valence-electron chi connectivity index (χ1n) is 6.00. The Morgan fingerprint density at radius 2 is 1.88 bits per heavy atom. The molecule has 0 bridgehead atoms. The number of hydrogen-bond acceptors (Lipinski definition) is 2. The summed E-state index contributed by atoms with van der Waals surface area (Å²) in [5.74, 6) is 0.272. The standard InChI is InChI=1S/C12H22N2O2/c1-2-3-5-8-11(13)14-12(16)9-6-4-7-10-15/h10H,2-9H2,1H3,(H2,13,14,16). The Bertz CT molecular complexity index is 237. The van der Waals surface area contributed by atoms with Crippen molar-refractivity contribution in [2.75, 3.05) is 0 Å². The second-order valence-corrected chi connectivity index (χ2v) is 3.87. The molecule has 0 unspecified atom stereocenters. The molecule has 0 aromatic carbocycles. The fourth-order valence-electron chi connectivity index (χ4n) is 1.33. The fourth-order valence-corrected chi connectivity index (χ4v) is 1.33. The van der Waals surface area contributed by atoms with Crippen LogP contribution in [0.3, 0.4) is 0 Å². The summed E-state index contributed by atoms with van der Waals surface area (Å²) in [4.78, 5) is 25.1. The number of carbonyl (C=O) groups is 2. The van der Waals surface area contributed by atoms with E-state index in [1.807, 2.05) is 0 Å². The molecule has 2 N–H and O–H groups in total. The number of unbranched alkanes of at least 4 members (excludes halogenated alkanes) is 4. The number of hydrogen-bond donors (Lipinski definition) is 1. The van der Waals surface area contributed by atoms with Crippen LogP contribution < -0.4 is 5.73 Å². The first-order chi connectivity index (χ1) is 7.70. The van der Waals surface area contributed by atoms with Crippen molar-refractivity contribution in [1.82, 2.24) is 0 Å². The van der Waals surface area contributed by atoms with Gasteiger partial charge in [0.05, 0.1) is 0 Å². The normalized spacial score (nSPS) is 11.4. The van der Waals surface area contributed by atoms with Crippen LogP contribution >= 0.6 is 0 Å². The lowest BCUT2D eigenvalue weighted by Crippen LogP contribution is -2.14. The first-order valence-corrected chi connectivity index (χ1v) is 6.00. The molecule has 4 heteroatoms. The molecule has 0 aromatic rings. The van der Waals surface area contributed by atoms with Gasteiger partial charge in [-0.1, -0.05) is 19.8 Å². The highest BCUT2D eigenvalue weighted by Gasteiger charge is 2.01. The average molecular weight is 226 g/mol. The van der Waals surface area contributed by atoms with Crippen molar-refractivity contribution in [3.63, 3.8) is 0 Å². The Hall–Kier alpha value is -1.19. The second kappa shape index (κ2) is 10.3. The molecule has 0 saturated carbocycles. The monoisotopic (exact) mass is 226 g/mol. The number of rotatable bonds is 9. The predicted octanol–water partition coefficient (Wildman–Crippen LogP) is 2.21. The number of nitrogens with zero attached hydrogens (tertiary/aromatic N) is 1. The Morgan fingerprint density at radius 1 is 1.19 bits per heavy atom. The van der Waals surface area contributed by atoms with Crippen LogP contribution in [0.4, 0.5) is 0 Å². The minimum absolute atomic E-state index is 0.167.